The summed E-state index contributed by atoms with van der Waals surface area (Å²) in [6, 6.07) is 11.1. The van der Waals surface area contributed by atoms with Crippen molar-refractivity contribution in [1.82, 2.24) is 0 Å². The summed E-state index contributed by atoms with van der Waals surface area (Å²) in [5, 5.41) is 1.37. The number of carbonyl (C=O) groups excluding carboxylic acids is 1. The summed E-state index contributed by atoms with van der Waals surface area (Å²) in [6.07, 6.45) is 26.4. The number of rotatable bonds is 23. The molecule has 0 saturated heterocycles. The molecule has 1 aromatic rings. The molecule has 0 bridgehead atoms. The molecule has 0 aliphatic rings. The number of benzene rings is 1. The molecule has 35 heavy (non-hydrogen) atoms. The maximum atomic E-state index is 12.8. The maximum absolute atomic E-state index is 12.8. The van der Waals surface area contributed by atoms with Crippen LogP contribution in [0.25, 0.3) is 0 Å². The SMILES string of the molecule is CCCCCCCCP(CCCCCCCC)(CCCCCCCC)(OC(C)=O)c1ccccc1. The summed E-state index contributed by atoms with van der Waals surface area (Å²) in [5.41, 5.74) is 0. The first-order valence-corrected chi connectivity index (χ1v) is 18.0. The molecule has 0 atom stereocenters. The van der Waals surface area contributed by atoms with Crippen molar-refractivity contribution in [2.24, 2.45) is 0 Å². The Bertz CT molecular complexity index is 599. The van der Waals surface area contributed by atoms with Gasteiger partial charge in [-0.15, -0.1) is 0 Å². The van der Waals surface area contributed by atoms with E-state index in [9.17, 15) is 4.79 Å². The van der Waals surface area contributed by atoms with Crippen LogP contribution < -0.4 is 5.30 Å². The van der Waals surface area contributed by atoms with Crippen molar-refractivity contribution in [3.05, 3.63) is 30.3 Å². The third-order valence-corrected chi connectivity index (χ3v) is 14.3. The van der Waals surface area contributed by atoms with Gasteiger partial charge in [-0.1, -0.05) is 0 Å². The molecule has 0 unspecified atom stereocenters. The molecular formula is C32H59O2P. The van der Waals surface area contributed by atoms with E-state index < -0.39 is 6.83 Å². The first-order chi connectivity index (χ1) is 17.0. The Labute approximate surface area is 219 Å². The van der Waals surface area contributed by atoms with Gasteiger partial charge in [0.2, 0.25) is 0 Å². The Morgan fingerprint density at radius 2 is 0.914 bits per heavy atom. The normalized spacial score (nSPS) is 12.9. The van der Waals surface area contributed by atoms with Crippen LogP contribution in [0.3, 0.4) is 0 Å². The fraction of sp³-hybridized carbons (Fsp3) is 0.781. The van der Waals surface area contributed by atoms with Gasteiger partial charge in [-0.05, 0) is 0 Å². The Morgan fingerprint density at radius 1 is 0.571 bits per heavy atom. The van der Waals surface area contributed by atoms with Crippen LogP contribution in [0.15, 0.2) is 30.3 Å². The molecule has 0 aromatic heterocycles. The van der Waals surface area contributed by atoms with E-state index in [0.29, 0.717) is 0 Å². The van der Waals surface area contributed by atoms with E-state index >= 15 is 0 Å². The molecule has 1 rings (SSSR count). The van der Waals surface area contributed by atoms with E-state index in [0.717, 1.165) is 18.5 Å². The summed E-state index contributed by atoms with van der Waals surface area (Å²) in [7, 11) is 0. The molecule has 0 saturated carbocycles. The van der Waals surface area contributed by atoms with Crippen LogP contribution in [0, 0.1) is 0 Å². The number of hydrogen-bond acceptors (Lipinski definition) is 2. The number of carbonyl (C=O) groups is 1. The molecule has 0 amide bonds. The molecule has 0 N–H and O–H groups in total. The summed E-state index contributed by atoms with van der Waals surface area (Å²) in [5.74, 6) is -0.0607. The van der Waals surface area contributed by atoms with Gasteiger partial charge in [0.05, 0.1) is 0 Å². The third kappa shape index (κ3) is 12.3. The van der Waals surface area contributed by atoms with E-state index in [1.807, 2.05) is 0 Å². The molecular weight excluding hydrogens is 447 g/mol. The van der Waals surface area contributed by atoms with Crippen LogP contribution in [0.1, 0.15) is 143 Å². The van der Waals surface area contributed by atoms with Gasteiger partial charge in [0.25, 0.3) is 0 Å². The second kappa shape index (κ2) is 19.3. The van der Waals surface area contributed by atoms with Crippen molar-refractivity contribution in [1.29, 1.82) is 0 Å². The van der Waals surface area contributed by atoms with Crippen molar-refractivity contribution in [2.45, 2.75) is 143 Å². The van der Waals surface area contributed by atoms with Crippen molar-refractivity contribution in [3.63, 3.8) is 0 Å². The van der Waals surface area contributed by atoms with Gasteiger partial charge in [0, 0.05) is 0 Å². The van der Waals surface area contributed by atoms with Crippen molar-refractivity contribution in [3.8, 4) is 0 Å². The van der Waals surface area contributed by atoms with Gasteiger partial charge in [0.15, 0.2) is 0 Å². The van der Waals surface area contributed by atoms with Crippen LogP contribution >= 0.6 is 6.83 Å². The Balaban J connectivity index is 3.16. The fourth-order valence-corrected chi connectivity index (χ4v) is 12.1. The monoisotopic (exact) mass is 506 g/mol. The molecule has 1 aromatic carbocycles. The quantitative estimate of drug-likeness (QED) is 0.109. The molecule has 0 radical (unpaired) electrons. The number of unbranched alkanes of at least 4 members (excludes halogenated alkanes) is 15. The molecule has 0 aliphatic carbocycles. The van der Waals surface area contributed by atoms with Crippen LogP contribution in [0.5, 0.6) is 0 Å². The zero-order valence-corrected chi connectivity index (χ0v) is 24.9. The van der Waals surface area contributed by atoms with E-state index in [1.54, 1.807) is 6.92 Å². The second-order valence-electron chi connectivity index (χ2n) is 11.0. The van der Waals surface area contributed by atoms with Gasteiger partial charge in [-0.25, -0.2) is 0 Å². The predicted octanol–water partition coefficient (Wildman–Crippen LogP) is 10.4. The molecule has 0 aliphatic heterocycles. The summed E-state index contributed by atoms with van der Waals surface area (Å²) < 4.78 is 6.79. The molecule has 3 heteroatoms. The zero-order valence-electron chi connectivity index (χ0n) is 24.0. The standard InChI is InChI=1S/C32H59O2P/c1-5-8-11-14-17-23-28-35(34-31(4)33,32-26-21-20-22-27-32,29-24-18-15-12-9-6-2)30-25-19-16-13-10-7-3/h20-22,26-27H,5-19,23-25,28-30H2,1-4H3. The second-order valence-corrected chi connectivity index (χ2v) is 16.3. The van der Waals surface area contributed by atoms with E-state index in [-0.39, 0.29) is 5.97 Å². The van der Waals surface area contributed by atoms with E-state index in [4.69, 9.17) is 4.52 Å². The van der Waals surface area contributed by atoms with Crippen molar-refractivity contribution in [2.75, 3.05) is 18.5 Å². The summed E-state index contributed by atoms with van der Waals surface area (Å²) in [4.78, 5) is 12.8. The molecule has 0 fully saturated rings. The van der Waals surface area contributed by atoms with Crippen molar-refractivity contribution >= 4 is 18.1 Å². The van der Waals surface area contributed by atoms with E-state index in [2.05, 4.69) is 51.1 Å². The van der Waals surface area contributed by atoms with Crippen molar-refractivity contribution < 1.29 is 9.32 Å². The Morgan fingerprint density at radius 3 is 1.26 bits per heavy atom. The van der Waals surface area contributed by atoms with Gasteiger partial charge < -0.3 is 0 Å². The van der Waals surface area contributed by atoms with Gasteiger partial charge in [-0.2, -0.15) is 0 Å². The average Bonchev–Trinajstić information content (AvgIpc) is 2.86. The predicted molar refractivity (Wildman–Crippen MR) is 159 cm³/mol. The minimum atomic E-state index is -2.85. The molecule has 0 spiro atoms. The Kier molecular flexibility index (Phi) is 17.7. The van der Waals surface area contributed by atoms with Crippen LogP contribution in [0.4, 0.5) is 0 Å². The number of hydrogen-bond donors (Lipinski definition) is 0. The first kappa shape index (κ1) is 32.1. The topological polar surface area (TPSA) is 26.3 Å². The van der Waals surface area contributed by atoms with Gasteiger partial charge in [0.1, 0.15) is 0 Å². The first-order valence-electron chi connectivity index (χ1n) is 15.3. The Hall–Kier alpha value is -0.880. The average molecular weight is 507 g/mol. The minimum absolute atomic E-state index is 0.0607. The van der Waals surface area contributed by atoms with E-state index in [1.165, 1.54) is 121 Å². The molecule has 0 heterocycles. The molecule has 2 nitrogen and oxygen atoms in total. The fourth-order valence-electron chi connectivity index (χ4n) is 5.83. The zero-order chi connectivity index (χ0) is 25.7. The third-order valence-electron chi connectivity index (χ3n) is 7.87. The summed E-state index contributed by atoms with van der Waals surface area (Å²) in [6.45, 7) is 5.66. The molecule has 204 valence electrons. The van der Waals surface area contributed by atoms with Crippen LogP contribution in [0.2, 0.25) is 0 Å². The van der Waals surface area contributed by atoms with Crippen LogP contribution in [-0.4, -0.2) is 24.5 Å². The van der Waals surface area contributed by atoms with Gasteiger partial charge >= 0.3 is 220 Å². The van der Waals surface area contributed by atoms with Crippen LogP contribution in [-0.2, 0) is 9.32 Å². The van der Waals surface area contributed by atoms with Gasteiger partial charge in [-0.3, -0.25) is 0 Å². The summed E-state index contributed by atoms with van der Waals surface area (Å²) >= 11 is 0.